The molecule has 13 heteroatoms. The van der Waals surface area contributed by atoms with Gasteiger partial charge in [-0.2, -0.15) is 4.31 Å². The molecule has 3 heterocycles. The average Bonchev–Trinajstić information content (AvgIpc) is 3.34. The van der Waals surface area contributed by atoms with Gasteiger partial charge in [0, 0.05) is 37.6 Å². The van der Waals surface area contributed by atoms with Crippen molar-refractivity contribution in [3.63, 3.8) is 0 Å². The van der Waals surface area contributed by atoms with Gasteiger partial charge in [-0.3, -0.25) is 14.4 Å². The Morgan fingerprint density at radius 2 is 2.00 bits per heavy atom. The van der Waals surface area contributed by atoms with E-state index in [1.54, 1.807) is 19.4 Å². The summed E-state index contributed by atoms with van der Waals surface area (Å²) in [5, 5.41) is 4.80. The number of primary amides is 1. The standard InChI is InChI=1S/C19H25N5O6S2/c1-3-30-16(25)8-13-11-31-19(21-13)22-18(27)12-4-6-24(7-5-12)32(28,29)14-9-15(17(20)26)23(2)10-14/h9-12H,3-8H2,1-2H3,(H2,20,26)(H,21,22,27). The smallest absolute Gasteiger partial charge is 0.311 e. The fraction of sp³-hybridized carbons (Fsp3) is 0.474. The van der Waals surface area contributed by atoms with Gasteiger partial charge in [0.1, 0.15) is 10.6 Å². The second-order valence-electron chi connectivity index (χ2n) is 7.33. The number of carbonyl (C=O) groups is 3. The molecule has 0 aromatic carbocycles. The van der Waals surface area contributed by atoms with Crippen molar-refractivity contribution in [2.45, 2.75) is 31.1 Å². The number of nitrogens with one attached hydrogen (secondary N) is 1. The molecule has 0 atom stereocenters. The number of nitrogens with zero attached hydrogens (tertiary/aromatic N) is 3. The molecule has 2 aromatic heterocycles. The van der Waals surface area contributed by atoms with Gasteiger partial charge in [0.05, 0.1) is 18.7 Å². The Labute approximate surface area is 189 Å². The van der Waals surface area contributed by atoms with Gasteiger partial charge in [0.15, 0.2) is 5.13 Å². The number of esters is 1. The summed E-state index contributed by atoms with van der Waals surface area (Å²) < 4.78 is 33.3. The zero-order valence-corrected chi connectivity index (χ0v) is 19.4. The molecule has 0 saturated carbocycles. The number of aromatic nitrogens is 2. The van der Waals surface area contributed by atoms with Crippen molar-refractivity contribution in [2.75, 3.05) is 25.0 Å². The molecule has 2 amide bonds. The quantitative estimate of drug-likeness (QED) is 0.525. The van der Waals surface area contributed by atoms with Gasteiger partial charge < -0.3 is 20.4 Å². The van der Waals surface area contributed by atoms with Crippen LogP contribution >= 0.6 is 11.3 Å². The highest BCUT2D eigenvalue weighted by atomic mass is 32.2. The third-order valence-corrected chi connectivity index (χ3v) is 7.78. The number of thiazole rings is 1. The maximum atomic E-state index is 12.9. The lowest BCUT2D eigenvalue weighted by Crippen LogP contribution is -2.41. The minimum absolute atomic E-state index is 0.00591. The molecule has 1 aliphatic rings. The summed E-state index contributed by atoms with van der Waals surface area (Å²) in [6, 6.07) is 1.26. The van der Waals surface area contributed by atoms with Gasteiger partial charge in [-0.05, 0) is 25.8 Å². The molecule has 0 aliphatic carbocycles. The Morgan fingerprint density at radius 3 is 2.59 bits per heavy atom. The fourth-order valence-corrected chi connectivity index (χ4v) is 5.70. The number of piperidine rings is 1. The van der Waals surface area contributed by atoms with E-state index in [4.69, 9.17) is 10.5 Å². The van der Waals surface area contributed by atoms with Gasteiger partial charge in [-0.1, -0.05) is 0 Å². The molecule has 0 spiro atoms. The molecular weight excluding hydrogens is 458 g/mol. The highest BCUT2D eigenvalue weighted by Crippen LogP contribution is 2.26. The van der Waals surface area contributed by atoms with E-state index in [-0.39, 0.29) is 54.5 Å². The fourth-order valence-electron chi connectivity index (χ4n) is 3.44. The Hall–Kier alpha value is -2.77. The topological polar surface area (TPSA) is 154 Å². The number of carbonyl (C=O) groups excluding carboxylic acids is 3. The number of hydrogen-bond donors (Lipinski definition) is 2. The van der Waals surface area contributed by atoms with Crippen molar-refractivity contribution in [1.29, 1.82) is 0 Å². The summed E-state index contributed by atoms with van der Waals surface area (Å²) in [5.41, 5.74) is 5.88. The van der Waals surface area contributed by atoms with Gasteiger partial charge >= 0.3 is 5.97 Å². The van der Waals surface area contributed by atoms with E-state index < -0.39 is 15.9 Å². The Bertz CT molecular complexity index is 1120. The zero-order valence-electron chi connectivity index (χ0n) is 17.7. The number of ether oxygens (including phenoxy) is 1. The second-order valence-corrected chi connectivity index (χ2v) is 10.1. The molecule has 0 unspecified atom stereocenters. The second kappa shape index (κ2) is 9.79. The molecule has 2 aromatic rings. The molecule has 0 bridgehead atoms. The van der Waals surface area contributed by atoms with Crippen molar-refractivity contribution in [3.05, 3.63) is 29.0 Å². The Kier molecular flexibility index (Phi) is 7.31. The van der Waals surface area contributed by atoms with E-state index in [2.05, 4.69) is 10.3 Å². The van der Waals surface area contributed by atoms with Crippen LogP contribution in [0.5, 0.6) is 0 Å². The van der Waals surface area contributed by atoms with Crippen LogP contribution in [0.2, 0.25) is 0 Å². The van der Waals surface area contributed by atoms with Gasteiger partial charge in [-0.15, -0.1) is 11.3 Å². The number of hydrogen-bond acceptors (Lipinski definition) is 8. The van der Waals surface area contributed by atoms with E-state index in [9.17, 15) is 22.8 Å². The maximum absolute atomic E-state index is 12.9. The molecular formula is C19H25N5O6S2. The minimum atomic E-state index is -3.80. The van der Waals surface area contributed by atoms with Crippen molar-refractivity contribution >= 4 is 44.3 Å². The first kappa shape index (κ1) is 23.9. The molecule has 3 N–H and O–H groups in total. The Balaban J connectivity index is 1.57. The zero-order chi connectivity index (χ0) is 23.5. The number of amides is 2. The summed E-state index contributed by atoms with van der Waals surface area (Å²) in [4.78, 5) is 39.8. The lowest BCUT2D eigenvalue weighted by atomic mass is 9.97. The van der Waals surface area contributed by atoms with E-state index in [1.165, 1.54) is 32.5 Å². The molecule has 1 fully saturated rings. The van der Waals surface area contributed by atoms with Crippen LogP contribution in [0.4, 0.5) is 5.13 Å². The van der Waals surface area contributed by atoms with Crippen LogP contribution in [0.25, 0.3) is 0 Å². The SMILES string of the molecule is CCOC(=O)Cc1csc(NC(=O)C2CCN(S(=O)(=O)c3cc(C(N)=O)n(C)c3)CC2)n1. The lowest BCUT2D eigenvalue weighted by Gasteiger charge is -2.30. The Morgan fingerprint density at radius 1 is 1.31 bits per heavy atom. The van der Waals surface area contributed by atoms with Crippen LogP contribution in [0.3, 0.4) is 0 Å². The summed E-state index contributed by atoms with van der Waals surface area (Å²) in [7, 11) is -2.25. The first-order valence-electron chi connectivity index (χ1n) is 9.99. The number of anilines is 1. The van der Waals surface area contributed by atoms with Crippen molar-refractivity contribution < 1.29 is 27.5 Å². The summed E-state index contributed by atoms with van der Waals surface area (Å²) >= 11 is 1.21. The van der Waals surface area contributed by atoms with E-state index in [0.29, 0.717) is 23.7 Å². The summed E-state index contributed by atoms with van der Waals surface area (Å²) in [6.07, 6.45) is 2.08. The minimum Gasteiger partial charge on any atom is -0.466 e. The molecule has 32 heavy (non-hydrogen) atoms. The summed E-state index contributed by atoms with van der Waals surface area (Å²) in [5.74, 6) is -1.70. The van der Waals surface area contributed by atoms with Crippen LogP contribution < -0.4 is 11.1 Å². The summed E-state index contributed by atoms with van der Waals surface area (Å²) in [6.45, 7) is 2.36. The van der Waals surface area contributed by atoms with Crippen LogP contribution in [-0.2, 0) is 37.8 Å². The normalized spacial score (nSPS) is 15.4. The maximum Gasteiger partial charge on any atom is 0.311 e. The average molecular weight is 484 g/mol. The number of nitrogens with two attached hydrogens (primary N) is 1. The van der Waals surface area contributed by atoms with Crippen molar-refractivity contribution in [3.8, 4) is 0 Å². The van der Waals surface area contributed by atoms with Gasteiger partial charge in [0.2, 0.25) is 15.9 Å². The first-order chi connectivity index (χ1) is 15.1. The third kappa shape index (κ3) is 5.34. The number of aryl methyl sites for hydroxylation is 1. The first-order valence-corrected chi connectivity index (χ1v) is 12.3. The van der Waals surface area contributed by atoms with Crippen molar-refractivity contribution in [2.24, 2.45) is 18.7 Å². The van der Waals surface area contributed by atoms with Crippen LogP contribution in [0.1, 0.15) is 35.9 Å². The van der Waals surface area contributed by atoms with Gasteiger partial charge in [-0.25, -0.2) is 13.4 Å². The van der Waals surface area contributed by atoms with E-state index in [1.807, 2.05) is 0 Å². The molecule has 1 saturated heterocycles. The monoisotopic (exact) mass is 483 g/mol. The van der Waals surface area contributed by atoms with Crippen LogP contribution in [0.15, 0.2) is 22.5 Å². The molecule has 1 aliphatic heterocycles. The largest absolute Gasteiger partial charge is 0.466 e. The predicted molar refractivity (Wildman–Crippen MR) is 116 cm³/mol. The van der Waals surface area contributed by atoms with E-state index >= 15 is 0 Å². The van der Waals surface area contributed by atoms with Gasteiger partial charge in [0.25, 0.3) is 5.91 Å². The van der Waals surface area contributed by atoms with Crippen LogP contribution in [0, 0.1) is 5.92 Å². The third-order valence-electron chi connectivity index (χ3n) is 5.11. The molecule has 11 nitrogen and oxygen atoms in total. The van der Waals surface area contributed by atoms with Crippen molar-refractivity contribution in [1.82, 2.24) is 13.9 Å². The number of rotatable bonds is 8. The molecule has 3 rings (SSSR count). The number of sulfonamides is 1. The molecule has 0 radical (unpaired) electrons. The lowest BCUT2D eigenvalue weighted by molar-refractivity contribution is -0.142. The van der Waals surface area contributed by atoms with Crippen LogP contribution in [-0.4, -0.2) is 59.8 Å². The highest BCUT2D eigenvalue weighted by Gasteiger charge is 2.33. The van der Waals surface area contributed by atoms with E-state index in [0.717, 1.165) is 0 Å². The molecule has 174 valence electrons. The highest BCUT2D eigenvalue weighted by molar-refractivity contribution is 7.89. The predicted octanol–water partition coefficient (Wildman–Crippen LogP) is 0.726.